The number of benzene rings is 3. The largest absolute Gasteiger partial charge is 0.493 e. The van der Waals surface area contributed by atoms with Crippen LogP contribution in [0.5, 0.6) is 23.0 Å². The van der Waals surface area contributed by atoms with Crippen molar-refractivity contribution in [1.82, 2.24) is 9.80 Å². The Morgan fingerprint density at radius 1 is 0.796 bits per heavy atom. The van der Waals surface area contributed by atoms with Crippen LogP contribution in [-0.4, -0.2) is 91.4 Å². The van der Waals surface area contributed by atoms with Gasteiger partial charge in [0.25, 0.3) is 11.8 Å². The van der Waals surface area contributed by atoms with Gasteiger partial charge in [-0.25, -0.2) is 4.79 Å². The molecule has 7 rings (SSSR count). The van der Waals surface area contributed by atoms with E-state index in [0.717, 1.165) is 11.1 Å². The number of nitrogens with one attached hydrogen (secondary N) is 1. The average Bonchev–Trinajstić information content (AvgIpc) is 3.66. The Morgan fingerprint density at radius 2 is 1.28 bits per heavy atom. The van der Waals surface area contributed by atoms with Crippen molar-refractivity contribution in [2.45, 2.75) is 50.3 Å². The second-order valence-corrected chi connectivity index (χ2v) is 14.6. The van der Waals surface area contributed by atoms with Crippen LogP contribution in [0.25, 0.3) is 0 Å². The molecule has 54 heavy (non-hydrogen) atoms. The minimum Gasteiger partial charge on any atom is -0.493 e. The topological polar surface area (TPSA) is 141 Å². The number of aliphatic imine (C=N–C) groups is 2. The summed E-state index contributed by atoms with van der Waals surface area (Å²) in [6, 6.07) is 11.8. The maximum atomic E-state index is 13.4. The number of anilines is 1. The van der Waals surface area contributed by atoms with Gasteiger partial charge in [-0.2, -0.15) is 12.6 Å². The lowest BCUT2D eigenvalue weighted by Crippen LogP contribution is -2.35. The molecule has 280 valence electrons. The second kappa shape index (κ2) is 15.3. The van der Waals surface area contributed by atoms with E-state index in [4.69, 9.17) is 23.7 Å². The lowest BCUT2D eigenvalue weighted by Gasteiger charge is -2.20. The molecule has 4 heterocycles. The van der Waals surface area contributed by atoms with Crippen molar-refractivity contribution in [3.63, 3.8) is 0 Å². The number of carbonyl (C=O) groups excluding carboxylic acids is 3. The highest BCUT2D eigenvalue weighted by molar-refractivity contribution is 7.80. The molecule has 3 aromatic rings. The molecule has 0 saturated carbocycles. The van der Waals surface area contributed by atoms with E-state index in [-0.39, 0.29) is 49.0 Å². The summed E-state index contributed by atoms with van der Waals surface area (Å²) in [6.07, 6.45) is 4.25. The Morgan fingerprint density at radius 3 is 1.72 bits per heavy atom. The summed E-state index contributed by atoms with van der Waals surface area (Å²) in [4.78, 5) is 52.3. The number of amides is 3. The third-order valence-electron chi connectivity index (χ3n) is 9.45. The van der Waals surface area contributed by atoms with E-state index in [9.17, 15) is 14.4 Å². The molecule has 2 saturated heterocycles. The van der Waals surface area contributed by atoms with Crippen molar-refractivity contribution in [2.24, 2.45) is 9.98 Å². The molecule has 2 fully saturated rings. The number of carbonyl (C=O) groups is 3. The molecule has 3 atom stereocenters. The number of thiol groups is 1. The van der Waals surface area contributed by atoms with E-state index in [1.54, 1.807) is 58.6 Å². The Labute approximate surface area is 318 Å². The van der Waals surface area contributed by atoms with Gasteiger partial charge in [-0.05, 0) is 54.3 Å². The lowest BCUT2D eigenvalue weighted by atomic mass is 10.1. The predicted molar refractivity (Wildman–Crippen MR) is 208 cm³/mol. The van der Waals surface area contributed by atoms with E-state index in [2.05, 4.69) is 41.1 Å². The van der Waals surface area contributed by atoms with Gasteiger partial charge < -0.3 is 33.5 Å². The summed E-state index contributed by atoms with van der Waals surface area (Å²) in [7, 11) is 3.02. The zero-order valence-corrected chi connectivity index (χ0v) is 31.2. The van der Waals surface area contributed by atoms with Crippen LogP contribution >= 0.6 is 12.6 Å². The molecule has 3 aromatic carbocycles. The van der Waals surface area contributed by atoms with Gasteiger partial charge in [0.05, 0.1) is 48.8 Å². The SMILES string of the molecule is C=C1C[C@H]2C=Nc3cc(OCc4cc(COc5cc6c(cc5OC)C(=O)N5CC(=C)C[C@H]5C=N6)cc(NC(=O)OC[C@@H](C)S)c4)c(OC)cc3C(=O)N2C1. The molecule has 0 unspecified atom stereocenters. The fraction of sp³-hybridized carbons (Fsp3) is 0.325. The highest BCUT2D eigenvalue weighted by Gasteiger charge is 2.35. The van der Waals surface area contributed by atoms with Crippen molar-refractivity contribution in [1.29, 1.82) is 0 Å². The number of rotatable bonds is 11. The van der Waals surface area contributed by atoms with Crippen LogP contribution in [0.15, 0.2) is 76.8 Å². The third-order valence-corrected chi connectivity index (χ3v) is 9.59. The number of nitrogens with zero attached hydrogens (tertiary/aromatic N) is 4. The summed E-state index contributed by atoms with van der Waals surface area (Å²) in [5.74, 6) is 1.24. The van der Waals surface area contributed by atoms with Gasteiger partial charge in [0.15, 0.2) is 23.0 Å². The first-order chi connectivity index (χ1) is 26.0. The van der Waals surface area contributed by atoms with Gasteiger partial charge in [0.1, 0.15) is 19.8 Å². The first kappa shape index (κ1) is 36.6. The summed E-state index contributed by atoms with van der Waals surface area (Å²) < 4.78 is 29.1. The van der Waals surface area contributed by atoms with Gasteiger partial charge in [-0.1, -0.05) is 31.2 Å². The molecule has 0 spiro atoms. The number of fused-ring (bicyclic) bond motifs is 4. The molecular formula is C40H41N5O8S. The lowest BCUT2D eigenvalue weighted by molar-refractivity contribution is 0.0769. The Kier molecular flexibility index (Phi) is 10.4. The normalized spacial score (nSPS) is 19.0. The molecule has 4 aliphatic heterocycles. The fourth-order valence-electron chi connectivity index (χ4n) is 6.88. The van der Waals surface area contributed by atoms with Crippen molar-refractivity contribution in [2.75, 3.05) is 39.2 Å². The van der Waals surface area contributed by atoms with E-state index in [0.29, 0.717) is 88.2 Å². The number of hydrogen-bond donors (Lipinski definition) is 2. The third kappa shape index (κ3) is 7.65. The second-order valence-electron chi connectivity index (χ2n) is 13.7. The Hall–Kier alpha value is -5.76. The van der Waals surface area contributed by atoms with Crippen molar-refractivity contribution in [3.8, 4) is 23.0 Å². The van der Waals surface area contributed by atoms with Crippen LogP contribution < -0.4 is 24.3 Å². The zero-order chi connectivity index (χ0) is 38.1. The van der Waals surface area contributed by atoms with E-state index >= 15 is 0 Å². The minimum absolute atomic E-state index is 0.0652. The number of hydrogen-bond acceptors (Lipinski definition) is 11. The van der Waals surface area contributed by atoms with Crippen LogP contribution in [0.2, 0.25) is 0 Å². The zero-order valence-electron chi connectivity index (χ0n) is 30.3. The van der Waals surface area contributed by atoms with Crippen molar-refractivity contribution < 1.29 is 38.1 Å². The molecule has 0 bridgehead atoms. The monoisotopic (exact) mass is 751 g/mol. The van der Waals surface area contributed by atoms with E-state index < -0.39 is 6.09 Å². The van der Waals surface area contributed by atoms with Gasteiger partial charge in [0, 0.05) is 48.6 Å². The maximum Gasteiger partial charge on any atom is 0.411 e. The molecule has 1 N–H and O–H groups in total. The van der Waals surface area contributed by atoms with Gasteiger partial charge in [-0.3, -0.25) is 24.9 Å². The summed E-state index contributed by atoms with van der Waals surface area (Å²) in [6.45, 7) is 11.1. The first-order valence-electron chi connectivity index (χ1n) is 17.5. The molecule has 4 aliphatic rings. The minimum atomic E-state index is -0.640. The van der Waals surface area contributed by atoms with Crippen LogP contribution in [0.4, 0.5) is 21.9 Å². The van der Waals surface area contributed by atoms with E-state index in [1.807, 2.05) is 13.0 Å². The first-order valence-corrected chi connectivity index (χ1v) is 18.0. The number of ether oxygens (including phenoxy) is 5. The molecule has 0 aromatic heterocycles. The molecule has 3 amide bonds. The summed E-state index contributed by atoms with van der Waals surface area (Å²) in [5, 5.41) is 2.64. The van der Waals surface area contributed by atoms with Gasteiger partial charge in [0.2, 0.25) is 0 Å². The number of methoxy groups -OCH3 is 2. The van der Waals surface area contributed by atoms with Crippen LogP contribution in [0.1, 0.15) is 51.6 Å². The van der Waals surface area contributed by atoms with Gasteiger partial charge in [-0.15, -0.1) is 0 Å². The average molecular weight is 752 g/mol. The molecule has 14 heteroatoms. The molecular weight excluding hydrogens is 711 g/mol. The van der Waals surface area contributed by atoms with Gasteiger partial charge >= 0.3 is 6.09 Å². The Bertz CT molecular complexity index is 1980. The van der Waals surface area contributed by atoms with Crippen molar-refractivity contribution in [3.05, 3.63) is 89.0 Å². The van der Waals surface area contributed by atoms with Crippen molar-refractivity contribution >= 4 is 60.0 Å². The van der Waals surface area contributed by atoms with Crippen LogP contribution in [-0.2, 0) is 18.0 Å². The fourth-order valence-corrected chi connectivity index (χ4v) is 6.96. The predicted octanol–water partition coefficient (Wildman–Crippen LogP) is 6.70. The highest BCUT2D eigenvalue weighted by atomic mass is 32.1. The van der Waals surface area contributed by atoms with E-state index in [1.165, 1.54) is 14.2 Å². The molecule has 0 aliphatic carbocycles. The summed E-state index contributed by atoms with van der Waals surface area (Å²) >= 11 is 4.29. The molecule has 0 radical (unpaired) electrons. The Balaban J connectivity index is 1.14. The maximum absolute atomic E-state index is 13.4. The smallest absolute Gasteiger partial charge is 0.411 e. The summed E-state index contributed by atoms with van der Waals surface area (Å²) in [5.41, 5.74) is 5.59. The van der Waals surface area contributed by atoms with Crippen LogP contribution in [0, 0.1) is 0 Å². The quantitative estimate of drug-likeness (QED) is 0.163. The molecule has 13 nitrogen and oxygen atoms in total. The standard InChI is InChI=1S/C40H41N5O8S/c1-22-6-28-15-41-32-13-36(34(49-4)11-30(32)38(46)44(28)17-22)51-20-25-8-26(10-27(9-25)43-40(48)53-19-24(3)54)21-52-37-14-33-31(12-35(37)50-5)39(47)45-18-23(2)7-29(45)16-42-33/h8-16,24,28-29,54H,1-2,6-7,17-21H2,3-5H3,(H,43,48)/t24-,28+,29+/m1/s1. The highest BCUT2D eigenvalue weighted by Crippen LogP contribution is 2.40. The van der Waals surface area contributed by atoms with Crippen LogP contribution in [0.3, 0.4) is 0 Å².